The SMILES string of the molecule is C[C@@H]1N[C@]2(C(=O)Nc3ccccc32)[C@H]([N+](=O)[O-])[C@H]1c1ccc(OCc2ccc(Br)cc2)c(Cl)c1. The van der Waals surface area contributed by atoms with Crippen molar-refractivity contribution in [2.45, 2.75) is 37.1 Å². The molecule has 2 aliphatic heterocycles. The van der Waals surface area contributed by atoms with Gasteiger partial charge in [-0.15, -0.1) is 0 Å². The quantitative estimate of drug-likeness (QED) is 0.339. The summed E-state index contributed by atoms with van der Waals surface area (Å²) in [6.07, 6.45) is 0. The molecule has 2 aliphatic rings. The number of hydrogen-bond donors (Lipinski definition) is 2. The van der Waals surface area contributed by atoms with Gasteiger partial charge in [-0.3, -0.25) is 20.2 Å². The highest BCUT2D eigenvalue weighted by molar-refractivity contribution is 9.10. The standard InChI is InChI=1S/C25H21BrClN3O4/c1-14-22(16-8-11-21(19(27)12-16)34-13-15-6-9-17(26)10-7-15)23(30(32)33)25(29-14)18-4-2-3-5-20(18)28-24(25)31/h2-12,14,22-23,29H,13H2,1H3,(H,28,31)/t14-,22+,23+,25-/m0/s1. The number of anilines is 1. The second-order valence-electron chi connectivity index (χ2n) is 8.60. The first kappa shape index (κ1) is 22.8. The van der Waals surface area contributed by atoms with E-state index in [1.807, 2.05) is 31.2 Å². The third-order valence-corrected chi connectivity index (χ3v) is 7.44. The molecule has 0 saturated carbocycles. The van der Waals surface area contributed by atoms with E-state index < -0.39 is 23.4 Å². The predicted molar refractivity (Wildman–Crippen MR) is 133 cm³/mol. The Morgan fingerprint density at radius 3 is 2.59 bits per heavy atom. The lowest BCUT2D eigenvalue weighted by molar-refractivity contribution is -0.532. The van der Waals surface area contributed by atoms with Crippen LogP contribution in [0.2, 0.25) is 5.02 Å². The van der Waals surface area contributed by atoms with E-state index in [0.29, 0.717) is 34.2 Å². The Balaban J connectivity index is 1.46. The smallest absolute Gasteiger partial charge is 0.256 e. The Hall–Kier alpha value is -2.94. The Labute approximate surface area is 209 Å². The van der Waals surface area contributed by atoms with Crippen LogP contribution in [-0.2, 0) is 16.9 Å². The molecule has 4 atom stereocenters. The highest BCUT2D eigenvalue weighted by atomic mass is 79.9. The number of fused-ring (bicyclic) bond motifs is 2. The topological polar surface area (TPSA) is 93.5 Å². The Kier molecular flexibility index (Phi) is 5.83. The number of nitrogens with one attached hydrogen (secondary N) is 2. The molecule has 3 aromatic carbocycles. The maximum absolute atomic E-state index is 13.1. The first-order valence-electron chi connectivity index (χ1n) is 10.8. The Bertz CT molecular complexity index is 1290. The van der Waals surface area contributed by atoms with Crippen LogP contribution < -0.4 is 15.4 Å². The van der Waals surface area contributed by atoms with Gasteiger partial charge in [0.15, 0.2) is 5.54 Å². The highest BCUT2D eigenvalue weighted by Crippen LogP contribution is 2.50. The third-order valence-electron chi connectivity index (χ3n) is 6.61. The van der Waals surface area contributed by atoms with Crippen molar-refractivity contribution in [1.29, 1.82) is 0 Å². The minimum absolute atomic E-state index is 0.339. The number of hydrogen-bond acceptors (Lipinski definition) is 5. The lowest BCUT2D eigenvalue weighted by Crippen LogP contribution is -2.54. The normalized spacial score (nSPS) is 25.3. The Morgan fingerprint density at radius 1 is 1.15 bits per heavy atom. The second-order valence-corrected chi connectivity index (χ2v) is 9.92. The van der Waals surface area contributed by atoms with Crippen LogP contribution in [0.1, 0.15) is 29.5 Å². The fourth-order valence-corrected chi connectivity index (χ4v) is 5.64. The number of rotatable bonds is 5. The molecular formula is C25H21BrClN3O4. The van der Waals surface area contributed by atoms with Gasteiger partial charge in [0, 0.05) is 26.7 Å². The molecule has 1 spiro atoms. The molecule has 0 aliphatic carbocycles. The number of halogens is 2. The van der Waals surface area contributed by atoms with Crippen LogP contribution in [0.4, 0.5) is 5.69 Å². The second kappa shape index (κ2) is 8.69. The van der Waals surface area contributed by atoms with Crippen LogP contribution in [0.3, 0.4) is 0 Å². The molecular weight excluding hydrogens is 522 g/mol. The molecule has 0 aromatic heterocycles. The molecule has 0 radical (unpaired) electrons. The van der Waals surface area contributed by atoms with Crippen molar-refractivity contribution in [1.82, 2.24) is 5.32 Å². The maximum atomic E-state index is 13.1. The first-order chi connectivity index (χ1) is 16.3. The molecule has 2 heterocycles. The van der Waals surface area contributed by atoms with E-state index in [4.69, 9.17) is 16.3 Å². The number of carbonyl (C=O) groups excluding carboxylic acids is 1. The minimum atomic E-state index is -1.45. The summed E-state index contributed by atoms with van der Waals surface area (Å²) in [5.74, 6) is -0.501. The number of ether oxygens (including phenoxy) is 1. The van der Waals surface area contributed by atoms with Crippen molar-refractivity contribution in [3.8, 4) is 5.75 Å². The number of carbonyl (C=O) groups is 1. The van der Waals surface area contributed by atoms with Gasteiger partial charge in [0.05, 0.1) is 10.9 Å². The van der Waals surface area contributed by atoms with Gasteiger partial charge in [0.2, 0.25) is 0 Å². The summed E-state index contributed by atoms with van der Waals surface area (Å²) in [5, 5.41) is 18.8. The molecule has 1 fully saturated rings. The molecule has 174 valence electrons. The van der Waals surface area contributed by atoms with Gasteiger partial charge in [-0.2, -0.15) is 0 Å². The zero-order valence-electron chi connectivity index (χ0n) is 18.1. The van der Waals surface area contributed by atoms with Crippen LogP contribution in [0, 0.1) is 10.1 Å². The number of benzene rings is 3. The van der Waals surface area contributed by atoms with Gasteiger partial charge in [0.25, 0.3) is 11.9 Å². The fraction of sp³-hybridized carbons (Fsp3) is 0.240. The molecule has 7 nitrogen and oxygen atoms in total. The number of amides is 1. The highest BCUT2D eigenvalue weighted by Gasteiger charge is 2.67. The van der Waals surface area contributed by atoms with Gasteiger partial charge >= 0.3 is 0 Å². The maximum Gasteiger partial charge on any atom is 0.256 e. The lowest BCUT2D eigenvalue weighted by Gasteiger charge is -2.25. The zero-order chi connectivity index (χ0) is 24.0. The van der Waals surface area contributed by atoms with Crippen LogP contribution in [0.5, 0.6) is 5.75 Å². The largest absolute Gasteiger partial charge is 0.487 e. The molecule has 5 rings (SSSR count). The predicted octanol–water partition coefficient (Wildman–Crippen LogP) is 5.25. The summed E-state index contributed by atoms with van der Waals surface area (Å²) < 4.78 is 6.86. The molecule has 3 aromatic rings. The summed E-state index contributed by atoms with van der Waals surface area (Å²) >= 11 is 9.94. The van der Waals surface area contributed by atoms with Crippen molar-refractivity contribution in [2.75, 3.05) is 5.32 Å². The van der Waals surface area contributed by atoms with Crippen molar-refractivity contribution in [3.63, 3.8) is 0 Å². The van der Waals surface area contributed by atoms with E-state index in [1.165, 1.54) is 0 Å². The summed E-state index contributed by atoms with van der Waals surface area (Å²) in [6.45, 7) is 2.20. The van der Waals surface area contributed by atoms with Crippen LogP contribution >= 0.6 is 27.5 Å². The lowest BCUT2D eigenvalue weighted by atomic mass is 9.78. The van der Waals surface area contributed by atoms with Crippen molar-refractivity contribution in [3.05, 3.63) is 103 Å². The summed E-state index contributed by atoms with van der Waals surface area (Å²) in [4.78, 5) is 25.2. The molecule has 34 heavy (non-hydrogen) atoms. The summed E-state index contributed by atoms with van der Waals surface area (Å²) in [6, 6.07) is 18.5. The number of nitro groups is 1. The number of para-hydroxylation sites is 1. The first-order valence-corrected chi connectivity index (χ1v) is 12.0. The van der Waals surface area contributed by atoms with Gasteiger partial charge in [0.1, 0.15) is 12.4 Å². The molecule has 0 unspecified atom stereocenters. The molecule has 0 bridgehead atoms. The van der Waals surface area contributed by atoms with E-state index in [9.17, 15) is 14.9 Å². The van der Waals surface area contributed by atoms with E-state index >= 15 is 0 Å². The zero-order valence-corrected chi connectivity index (χ0v) is 20.5. The van der Waals surface area contributed by atoms with Crippen LogP contribution in [0.25, 0.3) is 0 Å². The summed E-state index contributed by atoms with van der Waals surface area (Å²) in [5.41, 5.74) is 1.40. The van der Waals surface area contributed by atoms with Crippen LogP contribution in [0.15, 0.2) is 71.2 Å². The van der Waals surface area contributed by atoms with E-state index in [2.05, 4.69) is 26.6 Å². The van der Waals surface area contributed by atoms with E-state index in [0.717, 1.165) is 10.0 Å². The number of nitrogens with zero attached hydrogens (tertiary/aromatic N) is 1. The van der Waals surface area contributed by atoms with Crippen molar-refractivity contribution >= 4 is 39.1 Å². The molecule has 9 heteroatoms. The molecule has 1 saturated heterocycles. The van der Waals surface area contributed by atoms with Gasteiger partial charge in [-0.05, 0) is 48.4 Å². The average Bonchev–Trinajstić information content (AvgIpc) is 3.28. The van der Waals surface area contributed by atoms with Crippen LogP contribution in [-0.4, -0.2) is 22.9 Å². The van der Waals surface area contributed by atoms with E-state index in [1.54, 1.807) is 42.5 Å². The third kappa shape index (κ3) is 3.66. The van der Waals surface area contributed by atoms with Gasteiger partial charge < -0.3 is 10.1 Å². The van der Waals surface area contributed by atoms with Crippen molar-refractivity contribution in [2.24, 2.45) is 0 Å². The van der Waals surface area contributed by atoms with Gasteiger partial charge in [-0.25, -0.2) is 0 Å². The fourth-order valence-electron chi connectivity index (χ4n) is 5.14. The minimum Gasteiger partial charge on any atom is -0.487 e. The monoisotopic (exact) mass is 541 g/mol. The Morgan fingerprint density at radius 2 is 1.88 bits per heavy atom. The molecule has 2 N–H and O–H groups in total. The van der Waals surface area contributed by atoms with E-state index in [-0.39, 0.29) is 11.0 Å². The summed E-state index contributed by atoms with van der Waals surface area (Å²) in [7, 11) is 0. The molecule has 1 amide bonds. The van der Waals surface area contributed by atoms with Gasteiger partial charge in [-0.1, -0.05) is 63.9 Å². The van der Waals surface area contributed by atoms with Crippen molar-refractivity contribution < 1.29 is 14.5 Å². The average molecular weight is 543 g/mol.